The first-order chi connectivity index (χ1) is 10.7. The van der Waals surface area contributed by atoms with E-state index >= 15 is 0 Å². The molecule has 1 aromatic heterocycles. The van der Waals surface area contributed by atoms with Crippen LogP contribution in [0.15, 0.2) is 65.5 Å². The predicted molar refractivity (Wildman–Crippen MR) is 89.0 cm³/mol. The summed E-state index contributed by atoms with van der Waals surface area (Å²) in [6.07, 6.45) is 0. The maximum Gasteiger partial charge on any atom is 0.252 e. The van der Waals surface area contributed by atoms with Crippen LogP contribution in [0.4, 0.5) is 23.0 Å². The summed E-state index contributed by atoms with van der Waals surface area (Å²) in [4.78, 5) is 18.3. The third-order valence-electron chi connectivity index (χ3n) is 3.08. The topological polar surface area (TPSA) is 69.8 Å². The zero-order chi connectivity index (χ0) is 15.4. The lowest BCUT2D eigenvalue weighted by Gasteiger charge is -2.09. The van der Waals surface area contributed by atoms with E-state index in [0.717, 1.165) is 17.1 Å². The van der Waals surface area contributed by atoms with Gasteiger partial charge in [0.15, 0.2) is 0 Å². The number of benzene rings is 2. The average molecular weight is 292 g/mol. The maximum absolute atomic E-state index is 11.4. The van der Waals surface area contributed by atoms with Gasteiger partial charge in [0, 0.05) is 28.8 Å². The first kappa shape index (κ1) is 13.9. The van der Waals surface area contributed by atoms with Crippen LogP contribution in [0, 0.1) is 6.92 Å². The second-order valence-electron chi connectivity index (χ2n) is 4.93. The van der Waals surface area contributed by atoms with Crippen LogP contribution in [0.5, 0.6) is 0 Å². The fraction of sp³-hybridized carbons (Fsp3) is 0.0588. The van der Waals surface area contributed by atoms with Gasteiger partial charge in [-0.2, -0.15) is 0 Å². The molecular weight excluding hydrogens is 276 g/mol. The Bertz CT molecular complexity index is 810. The van der Waals surface area contributed by atoms with E-state index in [4.69, 9.17) is 0 Å². The van der Waals surface area contributed by atoms with Crippen molar-refractivity contribution in [2.24, 2.45) is 0 Å². The molecule has 0 aliphatic rings. The minimum Gasteiger partial charge on any atom is -0.356 e. The largest absolute Gasteiger partial charge is 0.356 e. The molecule has 0 amide bonds. The molecule has 0 aliphatic carbocycles. The Kier molecular flexibility index (Phi) is 3.87. The highest BCUT2D eigenvalue weighted by Crippen LogP contribution is 2.19. The van der Waals surface area contributed by atoms with Gasteiger partial charge in [-0.1, -0.05) is 18.2 Å². The third-order valence-corrected chi connectivity index (χ3v) is 3.08. The Balaban J connectivity index is 1.72. The number of aromatic amines is 1. The highest BCUT2D eigenvalue weighted by Gasteiger charge is 2.00. The Morgan fingerprint density at radius 1 is 0.864 bits per heavy atom. The Morgan fingerprint density at radius 2 is 1.45 bits per heavy atom. The highest BCUT2D eigenvalue weighted by atomic mass is 16.1. The third kappa shape index (κ3) is 3.52. The van der Waals surface area contributed by atoms with E-state index in [2.05, 4.69) is 20.6 Å². The number of aromatic nitrogens is 2. The van der Waals surface area contributed by atoms with E-state index in [9.17, 15) is 4.79 Å². The molecule has 3 N–H and O–H groups in total. The summed E-state index contributed by atoms with van der Waals surface area (Å²) in [6, 6.07) is 19.2. The number of anilines is 4. The fourth-order valence-corrected chi connectivity index (χ4v) is 2.10. The van der Waals surface area contributed by atoms with Crippen LogP contribution in [0.25, 0.3) is 0 Å². The summed E-state index contributed by atoms with van der Waals surface area (Å²) in [7, 11) is 0. The van der Waals surface area contributed by atoms with Crippen LogP contribution < -0.4 is 16.2 Å². The quantitative estimate of drug-likeness (QED) is 0.687. The Hall–Kier alpha value is -3.08. The van der Waals surface area contributed by atoms with Gasteiger partial charge in [-0.3, -0.25) is 9.78 Å². The van der Waals surface area contributed by atoms with Gasteiger partial charge in [0.25, 0.3) is 5.56 Å². The number of hydrogen-bond acceptors (Lipinski definition) is 4. The molecular formula is C17H16N4O. The van der Waals surface area contributed by atoms with Crippen LogP contribution in [0.2, 0.25) is 0 Å². The first-order valence-corrected chi connectivity index (χ1v) is 6.96. The van der Waals surface area contributed by atoms with Crippen molar-refractivity contribution in [3.63, 3.8) is 0 Å². The lowest BCUT2D eigenvalue weighted by Crippen LogP contribution is -2.10. The van der Waals surface area contributed by atoms with Crippen molar-refractivity contribution in [1.82, 2.24) is 9.97 Å². The molecule has 5 nitrogen and oxygen atoms in total. The molecule has 3 rings (SSSR count). The van der Waals surface area contributed by atoms with Crippen LogP contribution in [0.1, 0.15) is 5.69 Å². The molecule has 0 radical (unpaired) electrons. The molecule has 3 aromatic rings. The van der Waals surface area contributed by atoms with E-state index < -0.39 is 0 Å². The number of aryl methyl sites for hydroxylation is 1. The summed E-state index contributed by atoms with van der Waals surface area (Å²) in [5.74, 6) is 0.439. The predicted octanol–water partition coefficient (Wildman–Crippen LogP) is 3.57. The van der Waals surface area contributed by atoms with Gasteiger partial charge in [-0.25, -0.2) is 4.98 Å². The summed E-state index contributed by atoms with van der Waals surface area (Å²) in [5.41, 5.74) is 3.38. The molecule has 2 aromatic carbocycles. The molecule has 0 fully saturated rings. The normalized spacial score (nSPS) is 10.2. The molecule has 0 bridgehead atoms. The van der Waals surface area contributed by atoms with Crippen molar-refractivity contribution in [3.05, 3.63) is 76.7 Å². The maximum atomic E-state index is 11.4. The van der Waals surface area contributed by atoms with Crippen molar-refractivity contribution < 1.29 is 0 Å². The van der Waals surface area contributed by atoms with Crippen LogP contribution in [0.3, 0.4) is 0 Å². The van der Waals surface area contributed by atoms with Gasteiger partial charge in [-0.15, -0.1) is 0 Å². The molecule has 0 saturated heterocycles. The van der Waals surface area contributed by atoms with Crippen LogP contribution >= 0.6 is 0 Å². The van der Waals surface area contributed by atoms with E-state index in [1.54, 1.807) is 6.92 Å². The van der Waals surface area contributed by atoms with Crippen molar-refractivity contribution in [1.29, 1.82) is 0 Å². The van der Waals surface area contributed by atoms with Gasteiger partial charge in [-0.05, 0) is 43.3 Å². The zero-order valence-electron chi connectivity index (χ0n) is 12.1. The zero-order valence-corrected chi connectivity index (χ0v) is 12.1. The van der Waals surface area contributed by atoms with E-state index in [1.165, 1.54) is 6.07 Å². The Labute approximate surface area is 128 Å². The van der Waals surface area contributed by atoms with Gasteiger partial charge in [0.1, 0.15) is 0 Å². The number of hydrogen-bond donors (Lipinski definition) is 3. The molecule has 0 saturated carbocycles. The summed E-state index contributed by atoms with van der Waals surface area (Å²) in [5, 5.41) is 6.39. The molecule has 1 heterocycles. The smallest absolute Gasteiger partial charge is 0.252 e. The van der Waals surface area contributed by atoms with Crippen LogP contribution in [-0.4, -0.2) is 9.97 Å². The highest BCUT2D eigenvalue weighted by molar-refractivity contribution is 5.63. The number of para-hydroxylation sites is 1. The van der Waals surface area contributed by atoms with E-state index in [1.807, 2.05) is 54.6 Å². The van der Waals surface area contributed by atoms with E-state index in [-0.39, 0.29) is 5.56 Å². The minimum absolute atomic E-state index is 0.169. The van der Waals surface area contributed by atoms with Gasteiger partial charge in [0.2, 0.25) is 5.95 Å². The second kappa shape index (κ2) is 6.13. The first-order valence-electron chi connectivity index (χ1n) is 6.96. The lowest BCUT2D eigenvalue weighted by atomic mass is 10.2. The minimum atomic E-state index is -0.169. The Morgan fingerprint density at radius 3 is 2.09 bits per heavy atom. The lowest BCUT2D eigenvalue weighted by molar-refractivity contribution is 1.07. The molecule has 110 valence electrons. The summed E-state index contributed by atoms with van der Waals surface area (Å²) in [6.45, 7) is 1.79. The molecule has 0 aliphatic heterocycles. The summed E-state index contributed by atoms with van der Waals surface area (Å²) < 4.78 is 0. The average Bonchev–Trinajstić information content (AvgIpc) is 2.49. The molecule has 22 heavy (non-hydrogen) atoms. The molecule has 0 spiro atoms. The summed E-state index contributed by atoms with van der Waals surface area (Å²) >= 11 is 0. The number of nitrogens with zero attached hydrogens (tertiary/aromatic N) is 1. The molecule has 5 heteroatoms. The SMILES string of the molecule is Cc1cc(=O)[nH]c(Nc2ccc(Nc3ccccc3)cc2)n1. The van der Waals surface area contributed by atoms with Gasteiger partial charge >= 0.3 is 0 Å². The van der Waals surface area contributed by atoms with Gasteiger partial charge in [0.05, 0.1) is 0 Å². The van der Waals surface area contributed by atoms with Crippen molar-refractivity contribution in [2.45, 2.75) is 6.92 Å². The number of nitrogens with one attached hydrogen (secondary N) is 3. The fourth-order valence-electron chi connectivity index (χ4n) is 2.10. The number of H-pyrrole nitrogens is 1. The van der Waals surface area contributed by atoms with Crippen LogP contribution in [-0.2, 0) is 0 Å². The standard InChI is InChI=1S/C17H16N4O/c1-12-11-16(22)21-17(18-12)20-15-9-7-14(8-10-15)19-13-5-3-2-4-6-13/h2-11,19H,1H3,(H2,18,20,21,22). The van der Waals surface area contributed by atoms with Crippen molar-refractivity contribution in [2.75, 3.05) is 10.6 Å². The number of rotatable bonds is 4. The monoisotopic (exact) mass is 292 g/mol. The van der Waals surface area contributed by atoms with E-state index in [0.29, 0.717) is 11.6 Å². The molecule has 0 unspecified atom stereocenters. The molecule has 0 atom stereocenters. The van der Waals surface area contributed by atoms with Crippen molar-refractivity contribution >= 4 is 23.0 Å². The second-order valence-corrected chi connectivity index (χ2v) is 4.93. The van der Waals surface area contributed by atoms with Crippen molar-refractivity contribution in [3.8, 4) is 0 Å². The van der Waals surface area contributed by atoms with Gasteiger partial charge < -0.3 is 10.6 Å².